The number of nitrogens with zero attached hydrogens (tertiary/aromatic N) is 7. The van der Waals surface area contributed by atoms with Gasteiger partial charge in [-0.25, -0.2) is 19.6 Å². The summed E-state index contributed by atoms with van der Waals surface area (Å²) in [6.45, 7) is 4.27. The highest BCUT2D eigenvalue weighted by Crippen LogP contribution is 2.26. The van der Waals surface area contributed by atoms with Gasteiger partial charge in [-0.1, -0.05) is 18.2 Å². The summed E-state index contributed by atoms with van der Waals surface area (Å²) in [6, 6.07) is 11.8. The molecule has 0 bridgehead atoms. The second-order valence-electron chi connectivity index (χ2n) is 6.75. The van der Waals surface area contributed by atoms with E-state index < -0.39 is 0 Å². The van der Waals surface area contributed by atoms with Gasteiger partial charge in [-0.05, 0) is 31.9 Å². The van der Waals surface area contributed by atoms with Crippen molar-refractivity contribution in [3.8, 4) is 5.82 Å². The van der Waals surface area contributed by atoms with Crippen molar-refractivity contribution in [2.45, 2.75) is 19.8 Å². The van der Waals surface area contributed by atoms with Gasteiger partial charge in [0.2, 0.25) is 5.91 Å². The van der Waals surface area contributed by atoms with E-state index in [9.17, 15) is 4.79 Å². The first-order valence-electron chi connectivity index (χ1n) is 9.54. The molecular formula is C20H23N7O. The van der Waals surface area contributed by atoms with Crippen LogP contribution >= 0.6 is 0 Å². The zero-order valence-electron chi connectivity index (χ0n) is 15.8. The van der Waals surface area contributed by atoms with Crippen molar-refractivity contribution in [2.24, 2.45) is 5.92 Å². The van der Waals surface area contributed by atoms with Crippen LogP contribution in [0.1, 0.15) is 19.8 Å². The van der Waals surface area contributed by atoms with Gasteiger partial charge in [0.05, 0.1) is 0 Å². The molecular weight excluding hydrogens is 354 g/mol. The smallest absolute Gasteiger partial charge is 0.230 e. The fraction of sp³-hybridized carbons (Fsp3) is 0.350. The molecule has 1 amide bonds. The Labute approximate surface area is 163 Å². The first-order valence-corrected chi connectivity index (χ1v) is 9.54. The summed E-state index contributed by atoms with van der Waals surface area (Å²) in [7, 11) is 0. The van der Waals surface area contributed by atoms with Crippen molar-refractivity contribution in [1.82, 2.24) is 24.7 Å². The molecule has 28 heavy (non-hydrogen) atoms. The Kier molecular flexibility index (Phi) is 5.27. The fourth-order valence-electron chi connectivity index (χ4n) is 3.61. The van der Waals surface area contributed by atoms with Gasteiger partial charge in [0.1, 0.15) is 24.8 Å². The van der Waals surface area contributed by atoms with E-state index in [1.54, 1.807) is 11.0 Å². The quantitative estimate of drug-likeness (QED) is 0.679. The van der Waals surface area contributed by atoms with Crippen molar-refractivity contribution >= 4 is 17.4 Å². The largest absolute Gasteiger partial charge is 0.356 e. The lowest BCUT2D eigenvalue weighted by atomic mass is 9.95. The average molecular weight is 377 g/mol. The number of piperidine rings is 1. The maximum atomic E-state index is 13.0. The molecule has 8 nitrogen and oxygen atoms in total. The number of anilines is 2. The minimum absolute atomic E-state index is 0.0352. The van der Waals surface area contributed by atoms with E-state index >= 15 is 0 Å². The topological polar surface area (TPSA) is 80.0 Å². The normalized spacial score (nSPS) is 14.8. The van der Waals surface area contributed by atoms with Gasteiger partial charge in [-0.15, -0.1) is 0 Å². The minimum atomic E-state index is 0.0352. The molecule has 1 aliphatic rings. The van der Waals surface area contributed by atoms with Gasteiger partial charge >= 0.3 is 0 Å². The lowest BCUT2D eigenvalue weighted by Gasteiger charge is -2.34. The fourth-order valence-corrected chi connectivity index (χ4v) is 3.61. The van der Waals surface area contributed by atoms with Crippen molar-refractivity contribution in [3.63, 3.8) is 0 Å². The molecule has 1 aliphatic heterocycles. The Morgan fingerprint density at radius 3 is 2.54 bits per heavy atom. The molecule has 144 valence electrons. The number of amides is 1. The molecule has 0 atom stereocenters. The number of benzene rings is 1. The Morgan fingerprint density at radius 2 is 1.86 bits per heavy atom. The van der Waals surface area contributed by atoms with E-state index in [2.05, 4.69) is 25.0 Å². The summed E-state index contributed by atoms with van der Waals surface area (Å²) >= 11 is 0. The number of hydrogen-bond acceptors (Lipinski definition) is 6. The standard InChI is InChI=1S/C20H23N7O/c1-2-26(17-6-4-3-5-7-17)20(28)16-8-10-25(11-9-16)18-12-19(23-14-22-18)27-15-21-13-24-27/h3-7,12-16H,2,8-11H2,1H3. The first-order chi connectivity index (χ1) is 13.8. The SMILES string of the molecule is CCN(C(=O)C1CCN(c2cc(-n3cncn3)ncn2)CC1)c1ccccc1. The van der Waals surface area contributed by atoms with Gasteiger partial charge in [-0.3, -0.25) is 4.79 Å². The molecule has 1 fully saturated rings. The summed E-state index contributed by atoms with van der Waals surface area (Å²) in [5.41, 5.74) is 0.964. The molecule has 2 aromatic heterocycles. The van der Waals surface area contributed by atoms with Crippen molar-refractivity contribution in [3.05, 3.63) is 55.4 Å². The summed E-state index contributed by atoms with van der Waals surface area (Å²) in [5.74, 6) is 1.77. The summed E-state index contributed by atoms with van der Waals surface area (Å²) in [5, 5.41) is 4.11. The van der Waals surface area contributed by atoms with Crippen LogP contribution in [0, 0.1) is 5.92 Å². The monoisotopic (exact) mass is 377 g/mol. The third-order valence-corrected chi connectivity index (χ3v) is 5.11. The predicted octanol–water partition coefficient (Wildman–Crippen LogP) is 2.33. The maximum Gasteiger partial charge on any atom is 0.230 e. The van der Waals surface area contributed by atoms with Crippen molar-refractivity contribution < 1.29 is 4.79 Å². The van der Waals surface area contributed by atoms with Gasteiger partial charge in [-0.2, -0.15) is 5.10 Å². The second-order valence-corrected chi connectivity index (χ2v) is 6.75. The van der Waals surface area contributed by atoms with Gasteiger partial charge in [0.15, 0.2) is 5.82 Å². The third kappa shape index (κ3) is 3.71. The Bertz CT molecular complexity index is 905. The van der Waals surface area contributed by atoms with E-state index in [0.717, 1.165) is 37.4 Å². The van der Waals surface area contributed by atoms with E-state index in [1.165, 1.54) is 12.7 Å². The summed E-state index contributed by atoms with van der Waals surface area (Å²) < 4.78 is 1.61. The van der Waals surface area contributed by atoms with Gasteiger partial charge in [0, 0.05) is 37.3 Å². The molecule has 3 aromatic rings. The second kappa shape index (κ2) is 8.16. The van der Waals surface area contributed by atoms with E-state index in [-0.39, 0.29) is 11.8 Å². The summed E-state index contributed by atoms with van der Waals surface area (Å²) in [6.07, 6.45) is 6.25. The van der Waals surface area contributed by atoms with E-state index in [4.69, 9.17) is 0 Å². The Morgan fingerprint density at radius 1 is 1.11 bits per heavy atom. The highest BCUT2D eigenvalue weighted by atomic mass is 16.2. The average Bonchev–Trinajstić information content (AvgIpc) is 3.30. The van der Waals surface area contributed by atoms with E-state index in [1.807, 2.05) is 48.2 Å². The van der Waals surface area contributed by atoms with Crippen LogP contribution in [0.15, 0.2) is 55.4 Å². The van der Waals surface area contributed by atoms with Gasteiger partial charge in [0.25, 0.3) is 0 Å². The molecule has 3 heterocycles. The molecule has 1 aromatic carbocycles. The van der Waals surface area contributed by atoms with Gasteiger partial charge < -0.3 is 9.80 Å². The zero-order chi connectivity index (χ0) is 19.3. The zero-order valence-corrected chi connectivity index (χ0v) is 15.8. The summed E-state index contributed by atoms with van der Waals surface area (Å²) in [4.78, 5) is 29.7. The number of para-hydroxylation sites is 1. The lowest BCUT2D eigenvalue weighted by Crippen LogP contribution is -2.43. The molecule has 0 radical (unpaired) electrons. The molecule has 1 saturated heterocycles. The van der Waals surface area contributed by atoms with Crippen LogP contribution < -0.4 is 9.80 Å². The molecule has 0 N–H and O–H groups in total. The van der Waals surface area contributed by atoms with Crippen molar-refractivity contribution in [2.75, 3.05) is 29.4 Å². The number of hydrogen-bond donors (Lipinski definition) is 0. The lowest BCUT2D eigenvalue weighted by molar-refractivity contribution is -0.122. The van der Waals surface area contributed by atoms with Crippen LogP contribution in [0.5, 0.6) is 0 Å². The molecule has 0 saturated carbocycles. The maximum absolute atomic E-state index is 13.0. The number of carbonyl (C=O) groups excluding carboxylic acids is 1. The molecule has 4 rings (SSSR count). The highest BCUT2D eigenvalue weighted by molar-refractivity contribution is 5.95. The first kappa shape index (κ1) is 18.1. The van der Waals surface area contributed by atoms with Crippen molar-refractivity contribution in [1.29, 1.82) is 0 Å². The van der Waals surface area contributed by atoms with Crippen LogP contribution in [-0.2, 0) is 4.79 Å². The Hall–Kier alpha value is -3.29. The number of rotatable bonds is 5. The van der Waals surface area contributed by atoms with E-state index in [0.29, 0.717) is 12.4 Å². The Balaban J connectivity index is 1.42. The molecule has 0 spiro atoms. The molecule has 0 unspecified atom stereocenters. The van der Waals surface area contributed by atoms with Crippen LogP contribution in [0.25, 0.3) is 5.82 Å². The van der Waals surface area contributed by atoms with Crippen LogP contribution in [0.2, 0.25) is 0 Å². The third-order valence-electron chi connectivity index (χ3n) is 5.11. The highest BCUT2D eigenvalue weighted by Gasteiger charge is 2.29. The van der Waals surface area contributed by atoms with Crippen LogP contribution in [-0.4, -0.2) is 50.3 Å². The van der Waals surface area contributed by atoms with Crippen LogP contribution in [0.4, 0.5) is 11.5 Å². The number of aromatic nitrogens is 5. The molecule has 0 aliphatic carbocycles. The number of carbonyl (C=O) groups is 1. The van der Waals surface area contributed by atoms with Crippen LogP contribution in [0.3, 0.4) is 0 Å². The predicted molar refractivity (Wildman–Crippen MR) is 106 cm³/mol. The minimum Gasteiger partial charge on any atom is -0.356 e. The molecule has 8 heteroatoms.